The predicted octanol–water partition coefficient (Wildman–Crippen LogP) is 4.61. The summed E-state index contributed by atoms with van der Waals surface area (Å²) in [5.74, 6) is -0.584. The van der Waals surface area contributed by atoms with Crippen molar-refractivity contribution >= 4 is 38.9 Å². The summed E-state index contributed by atoms with van der Waals surface area (Å²) in [6.07, 6.45) is 2.05. The summed E-state index contributed by atoms with van der Waals surface area (Å²) in [4.78, 5) is 13.0. The Morgan fingerprint density at radius 1 is 1.37 bits per heavy atom. The molecule has 0 aliphatic carbocycles. The summed E-state index contributed by atoms with van der Waals surface area (Å²) in [7, 11) is 0. The molecule has 0 atom stereocenters. The molecule has 0 aliphatic rings. The molecule has 1 N–H and O–H groups in total. The number of anilines is 1. The smallest absolute Gasteiger partial charge is 0.224 e. The third kappa shape index (κ3) is 4.44. The average molecular weight is 342 g/mol. The van der Waals surface area contributed by atoms with Crippen molar-refractivity contribution in [2.24, 2.45) is 0 Å². The largest absolute Gasteiger partial charge is 0.324 e. The third-order valence-electron chi connectivity index (χ3n) is 2.61. The van der Waals surface area contributed by atoms with Gasteiger partial charge >= 0.3 is 0 Å². The zero-order valence-corrected chi connectivity index (χ0v) is 12.6. The van der Waals surface area contributed by atoms with Crippen LogP contribution in [0.4, 0.5) is 10.1 Å². The average Bonchev–Trinajstić information content (AvgIpc) is 2.86. The first kappa shape index (κ1) is 14.2. The molecule has 0 bridgehead atoms. The number of hydrogen-bond acceptors (Lipinski definition) is 2. The SMILES string of the molecule is O=C(CCCc1cccs1)Nc1ccc(Br)cc1F. The molecule has 2 aromatic rings. The highest BCUT2D eigenvalue weighted by atomic mass is 79.9. The van der Waals surface area contributed by atoms with Gasteiger partial charge in [-0.05, 0) is 42.5 Å². The van der Waals surface area contributed by atoms with E-state index in [0.717, 1.165) is 12.8 Å². The van der Waals surface area contributed by atoms with Crippen molar-refractivity contribution in [2.75, 3.05) is 5.32 Å². The van der Waals surface area contributed by atoms with Gasteiger partial charge in [0.2, 0.25) is 5.91 Å². The monoisotopic (exact) mass is 341 g/mol. The molecule has 2 nitrogen and oxygen atoms in total. The second-order valence-corrected chi connectivity index (χ2v) is 6.05. The second-order valence-electron chi connectivity index (χ2n) is 4.11. The highest BCUT2D eigenvalue weighted by Gasteiger charge is 2.07. The summed E-state index contributed by atoms with van der Waals surface area (Å²) < 4.78 is 14.2. The maximum atomic E-state index is 13.5. The Morgan fingerprint density at radius 2 is 2.21 bits per heavy atom. The van der Waals surface area contributed by atoms with Crippen LogP contribution in [-0.4, -0.2) is 5.91 Å². The van der Waals surface area contributed by atoms with E-state index >= 15 is 0 Å². The van der Waals surface area contributed by atoms with Crippen LogP contribution in [0, 0.1) is 5.82 Å². The summed E-state index contributed by atoms with van der Waals surface area (Å²) in [6.45, 7) is 0. The van der Waals surface area contributed by atoms with Crippen molar-refractivity contribution in [1.82, 2.24) is 0 Å². The number of halogens is 2. The van der Waals surface area contributed by atoms with E-state index in [1.807, 2.05) is 11.4 Å². The number of carbonyl (C=O) groups is 1. The maximum absolute atomic E-state index is 13.5. The first-order valence-electron chi connectivity index (χ1n) is 5.92. The van der Waals surface area contributed by atoms with Crippen molar-refractivity contribution in [2.45, 2.75) is 19.3 Å². The van der Waals surface area contributed by atoms with Crippen molar-refractivity contribution in [3.05, 3.63) is 50.9 Å². The summed E-state index contributed by atoms with van der Waals surface area (Å²) >= 11 is 4.86. The predicted molar refractivity (Wildman–Crippen MR) is 80.0 cm³/mol. The minimum Gasteiger partial charge on any atom is -0.324 e. The number of nitrogens with one attached hydrogen (secondary N) is 1. The van der Waals surface area contributed by atoms with E-state index in [1.54, 1.807) is 23.5 Å². The van der Waals surface area contributed by atoms with E-state index in [2.05, 4.69) is 27.3 Å². The van der Waals surface area contributed by atoms with Gasteiger partial charge in [-0.3, -0.25) is 4.79 Å². The molecule has 2 rings (SSSR count). The number of aryl methyl sites for hydroxylation is 1. The summed E-state index contributed by atoms with van der Waals surface area (Å²) in [5.41, 5.74) is 0.226. The lowest BCUT2D eigenvalue weighted by molar-refractivity contribution is -0.116. The van der Waals surface area contributed by atoms with Crippen LogP contribution >= 0.6 is 27.3 Å². The van der Waals surface area contributed by atoms with Gasteiger partial charge in [0.1, 0.15) is 5.82 Å². The van der Waals surface area contributed by atoms with E-state index in [0.29, 0.717) is 10.9 Å². The van der Waals surface area contributed by atoms with E-state index in [-0.39, 0.29) is 11.6 Å². The van der Waals surface area contributed by atoms with Gasteiger partial charge in [0.15, 0.2) is 0 Å². The zero-order chi connectivity index (χ0) is 13.7. The van der Waals surface area contributed by atoms with Gasteiger partial charge in [-0.2, -0.15) is 0 Å². The minimum absolute atomic E-state index is 0.155. The molecule has 5 heteroatoms. The van der Waals surface area contributed by atoms with Crippen LogP contribution in [0.3, 0.4) is 0 Å². The molecule has 1 heterocycles. The Bertz CT molecular complexity index is 557. The molecule has 0 saturated heterocycles. The quantitative estimate of drug-likeness (QED) is 0.845. The van der Waals surface area contributed by atoms with Crippen molar-refractivity contribution < 1.29 is 9.18 Å². The normalized spacial score (nSPS) is 10.4. The summed E-state index contributed by atoms with van der Waals surface area (Å²) in [5, 5.41) is 4.61. The molecule has 100 valence electrons. The first-order valence-corrected chi connectivity index (χ1v) is 7.60. The second kappa shape index (κ2) is 6.82. The Hall–Kier alpha value is -1.20. The Kier molecular flexibility index (Phi) is 5.10. The molecule has 0 unspecified atom stereocenters. The van der Waals surface area contributed by atoms with Crippen LogP contribution < -0.4 is 5.32 Å². The number of thiophene rings is 1. The number of rotatable bonds is 5. The lowest BCUT2D eigenvalue weighted by Crippen LogP contribution is -2.12. The topological polar surface area (TPSA) is 29.1 Å². The van der Waals surface area contributed by atoms with Gasteiger partial charge in [0.25, 0.3) is 0 Å². The van der Waals surface area contributed by atoms with Gasteiger partial charge in [0.05, 0.1) is 5.69 Å². The Labute approximate surface area is 123 Å². The molecule has 0 aliphatic heterocycles. The third-order valence-corrected chi connectivity index (χ3v) is 4.04. The number of hydrogen-bond donors (Lipinski definition) is 1. The van der Waals surface area contributed by atoms with Crippen molar-refractivity contribution in [1.29, 1.82) is 0 Å². The van der Waals surface area contributed by atoms with Crippen LogP contribution in [0.25, 0.3) is 0 Å². The van der Waals surface area contributed by atoms with Crippen molar-refractivity contribution in [3.63, 3.8) is 0 Å². The van der Waals surface area contributed by atoms with Gasteiger partial charge in [0, 0.05) is 15.8 Å². The Balaban J connectivity index is 1.80. The van der Waals surface area contributed by atoms with Crippen LogP contribution in [0.15, 0.2) is 40.2 Å². The van der Waals surface area contributed by atoms with Gasteiger partial charge in [-0.1, -0.05) is 22.0 Å². The fraction of sp³-hybridized carbons (Fsp3) is 0.214. The molecule has 19 heavy (non-hydrogen) atoms. The van der Waals surface area contributed by atoms with Crippen LogP contribution in [0.2, 0.25) is 0 Å². The molecule has 1 aromatic heterocycles. The molecule has 0 spiro atoms. The van der Waals surface area contributed by atoms with Gasteiger partial charge < -0.3 is 5.32 Å². The number of carbonyl (C=O) groups excluding carboxylic acids is 1. The fourth-order valence-electron chi connectivity index (χ4n) is 1.68. The van der Waals surface area contributed by atoms with Gasteiger partial charge in [-0.15, -0.1) is 11.3 Å². The highest BCUT2D eigenvalue weighted by molar-refractivity contribution is 9.10. The first-order chi connectivity index (χ1) is 9.15. The molecule has 0 fully saturated rings. The molecular weight excluding hydrogens is 329 g/mol. The molecule has 1 amide bonds. The standard InChI is InChI=1S/C14H13BrFNOS/c15-10-6-7-13(12(16)9-10)17-14(18)5-1-3-11-4-2-8-19-11/h2,4,6-9H,1,3,5H2,(H,17,18). The highest BCUT2D eigenvalue weighted by Crippen LogP contribution is 2.19. The zero-order valence-electron chi connectivity index (χ0n) is 10.2. The van der Waals surface area contributed by atoms with E-state index < -0.39 is 5.82 Å². The van der Waals surface area contributed by atoms with Crippen LogP contribution in [0.1, 0.15) is 17.7 Å². The molecule has 0 radical (unpaired) electrons. The van der Waals surface area contributed by atoms with E-state index in [4.69, 9.17) is 0 Å². The Morgan fingerprint density at radius 3 is 2.89 bits per heavy atom. The van der Waals surface area contributed by atoms with Gasteiger partial charge in [-0.25, -0.2) is 4.39 Å². The fourth-order valence-corrected chi connectivity index (χ4v) is 2.77. The minimum atomic E-state index is -0.430. The van der Waals surface area contributed by atoms with E-state index in [1.165, 1.54) is 10.9 Å². The van der Waals surface area contributed by atoms with Crippen molar-refractivity contribution in [3.8, 4) is 0 Å². The molecule has 1 aromatic carbocycles. The molecule has 0 saturated carbocycles. The lowest BCUT2D eigenvalue weighted by Gasteiger charge is -2.06. The maximum Gasteiger partial charge on any atom is 0.224 e. The van der Waals surface area contributed by atoms with Crippen LogP contribution in [-0.2, 0) is 11.2 Å². The lowest BCUT2D eigenvalue weighted by atomic mass is 10.2. The van der Waals surface area contributed by atoms with E-state index in [9.17, 15) is 9.18 Å². The summed E-state index contributed by atoms with van der Waals surface area (Å²) in [6, 6.07) is 8.64. The number of benzene rings is 1. The number of amides is 1. The van der Waals surface area contributed by atoms with Crippen LogP contribution in [0.5, 0.6) is 0 Å². The molecular formula is C14H13BrFNOS.